The van der Waals surface area contributed by atoms with E-state index in [0.717, 1.165) is 0 Å². The highest BCUT2D eigenvalue weighted by Crippen LogP contribution is 2.36. The number of ether oxygens (including phenoxy) is 1. The summed E-state index contributed by atoms with van der Waals surface area (Å²) in [4.78, 5) is 0. The third-order valence-electron chi connectivity index (χ3n) is 2.43. The van der Waals surface area contributed by atoms with Gasteiger partial charge < -0.3 is 9.84 Å². The highest BCUT2D eigenvalue weighted by atomic mass is 32.2. The molecule has 1 saturated carbocycles. The molecular formula is C8H14O2S. The maximum absolute atomic E-state index is 9.29. The molecule has 64 valence electrons. The molecule has 1 N–H and O–H groups in total. The Bertz CT molecular complexity index is 140. The molecule has 2 rings (SSSR count). The first-order valence-electron chi connectivity index (χ1n) is 4.31. The molecule has 2 nitrogen and oxygen atoms in total. The number of thioether (sulfide) groups is 1. The first-order valence-corrected chi connectivity index (χ1v) is 5.25. The zero-order valence-electron chi connectivity index (χ0n) is 6.53. The monoisotopic (exact) mass is 174 g/mol. The summed E-state index contributed by atoms with van der Waals surface area (Å²) in [6.45, 7) is 0.534. The van der Waals surface area contributed by atoms with E-state index in [1.807, 2.05) is 0 Å². The zero-order chi connectivity index (χ0) is 7.68. The molecule has 2 aliphatic rings. The molecule has 1 heterocycles. The summed E-state index contributed by atoms with van der Waals surface area (Å²) in [5.41, 5.74) is -0.269. The zero-order valence-corrected chi connectivity index (χ0v) is 7.35. The Labute approximate surface area is 71.3 Å². The largest absolute Gasteiger partial charge is 0.380 e. The molecule has 0 bridgehead atoms. The van der Waals surface area contributed by atoms with Gasteiger partial charge >= 0.3 is 0 Å². The Kier molecular flexibility index (Phi) is 2.39. The molecule has 0 spiro atoms. The van der Waals surface area contributed by atoms with Gasteiger partial charge in [0, 0.05) is 5.25 Å². The SMILES string of the molecule is OC1COC2CCCCC2S1. The highest BCUT2D eigenvalue weighted by molar-refractivity contribution is 8.00. The summed E-state index contributed by atoms with van der Waals surface area (Å²) < 4.78 is 5.52. The molecule has 3 unspecified atom stereocenters. The third kappa shape index (κ3) is 1.71. The smallest absolute Gasteiger partial charge is 0.123 e. The molecule has 0 aromatic heterocycles. The van der Waals surface area contributed by atoms with Crippen molar-refractivity contribution in [2.75, 3.05) is 6.61 Å². The van der Waals surface area contributed by atoms with Crippen LogP contribution in [0.1, 0.15) is 25.7 Å². The minimum absolute atomic E-state index is 0.269. The molecule has 3 heteroatoms. The molecule has 0 aromatic rings. The quantitative estimate of drug-likeness (QED) is 0.601. The van der Waals surface area contributed by atoms with Gasteiger partial charge in [0.2, 0.25) is 0 Å². The summed E-state index contributed by atoms with van der Waals surface area (Å²) in [6, 6.07) is 0. The first kappa shape index (κ1) is 7.90. The van der Waals surface area contributed by atoms with Crippen molar-refractivity contribution in [1.82, 2.24) is 0 Å². The number of fused-ring (bicyclic) bond motifs is 1. The Morgan fingerprint density at radius 1 is 1.27 bits per heavy atom. The maximum atomic E-state index is 9.29. The number of aliphatic hydroxyl groups excluding tert-OH is 1. The minimum atomic E-state index is -0.269. The predicted molar refractivity (Wildman–Crippen MR) is 45.6 cm³/mol. The van der Waals surface area contributed by atoms with Gasteiger partial charge in [0.1, 0.15) is 5.44 Å². The van der Waals surface area contributed by atoms with Crippen molar-refractivity contribution in [3.8, 4) is 0 Å². The topological polar surface area (TPSA) is 29.5 Å². The second-order valence-corrected chi connectivity index (χ2v) is 4.71. The molecule has 1 aliphatic heterocycles. The van der Waals surface area contributed by atoms with Crippen LogP contribution >= 0.6 is 11.8 Å². The Morgan fingerprint density at radius 2 is 2.09 bits per heavy atom. The van der Waals surface area contributed by atoms with E-state index in [9.17, 15) is 5.11 Å². The summed E-state index contributed by atoms with van der Waals surface area (Å²) in [7, 11) is 0. The Morgan fingerprint density at radius 3 is 3.00 bits per heavy atom. The minimum Gasteiger partial charge on any atom is -0.380 e. The number of hydrogen-bond acceptors (Lipinski definition) is 3. The van der Waals surface area contributed by atoms with Crippen molar-refractivity contribution in [3.05, 3.63) is 0 Å². The van der Waals surface area contributed by atoms with E-state index in [1.54, 1.807) is 11.8 Å². The molecular weight excluding hydrogens is 160 g/mol. The van der Waals surface area contributed by atoms with Gasteiger partial charge in [-0.3, -0.25) is 0 Å². The summed E-state index contributed by atoms with van der Waals surface area (Å²) in [5.74, 6) is 0. The summed E-state index contributed by atoms with van der Waals surface area (Å²) >= 11 is 1.70. The highest BCUT2D eigenvalue weighted by Gasteiger charge is 2.32. The normalized spacial score (nSPS) is 45.0. The Balaban J connectivity index is 1.93. The van der Waals surface area contributed by atoms with E-state index in [4.69, 9.17) is 4.74 Å². The fourth-order valence-electron chi connectivity index (χ4n) is 1.86. The van der Waals surface area contributed by atoms with Gasteiger partial charge in [0.05, 0.1) is 12.7 Å². The molecule has 1 saturated heterocycles. The number of rotatable bonds is 0. The average molecular weight is 174 g/mol. The molecule has 11 heavy (non-hydrogen) atoms. The number of hydrogen-bond donors (Lipinski definition) is 1. The van der Waals surface area contributed by atoms with Gasteiger partial charge in [0.15, 0.2) is 0 Å². The van der Waals surface area contributed by atoms with Crippen LogP contribution in [0.3, 0.4) is 0 Å². The molecule has 0 radical (unpaired) electrons. The Hall–Kier alpha value is 0.270. The maximum Gasteiger partial charge on any atom is 0.123 e. The van der Waals surface area contributed by atoms with Crippen LogP contribution in [0.25, 0.3) is 0 Å². The van der Waals surface area contributed by atoms with Crippen LogP contribution in [0.5, 0.6) is 0 Å². The van der Waals surface area contributed by atoms with Crippen molar-refractivity contribution < 1.29 is 9.84 Å². The van der Waals surface area contributed by atoms with Crippen molar-refractivity contribution in [2.45, 2.75) is 42.5 Å². The van der Waals surface area contributed by atoms with Crippen LogP contribution in [-0.4, -0.2) is 28.5 Å². The van der Waals surface area contributed by atoms with Crippen LogP contribution < -0.4 is 0 Å². The van der Waals surface area contributed by atoms with Crippen molar-refractivity contribution in [3.63, 3.8) is 0 Å². The lowest BCUT2D eigenvalue weighted by molar-refractivity contribution is -0.00866. The van der Waals surface area contributed by atoms with Gasteiger partial charge in [-0.15, -0.1) is 11.8 Å². The van der Waals surface area contributed by atoms with E-state index >= 15 is 0 Å². The first-order chi connectivity index (χ1) is 5.36. The van der Waals surface area contributed by atoms with Gasteiger partial charge in [0.25, 0.3) is 0 Å². The predicted octanol–water partition coefficient (Wildman–Crippen LogP) is 1.38. The number of aliphatic hydroxyl groups is 1. The standard InChI is InChI=1S/C8H14O2S/c9-8-5-10-6-3-1-2-4-7(6)11-8/h6-9H,1-5H2. The van der Waals surface area contributed by atoms with Crippen molar-refractivity contribution >= 4 is 11.8 Å². The van der Waals surface area contributed by atoms with Crippen molar-refractivity contribution in [1.29, 1.82) is 0 Å². The van der Waals surface area contributed by atoms with Gasteiger partial charge in [-0.25, -0.2) is 0 Å². The van der Waals surface area contributed by atoms with Crippen LogP contribution in [0.4, 0.5) is 0 Å². The van der Waals surface area contributed by atoms with Gasteiger partial charge in [-0.05, 0) is 12.8 Å². The molecule has 1 aliphatic carbocycles. The van der Waals surface area contributed by atoms with Crippen LogP contribution in [-0.2, 0) is 4.74 Å². The second kappa shape index (κ2) is 3.33. The van der Waals surface area contributed by atoms with Crippen molar-refractivity contribution in [2.24, 2.45) is 0 Å². The van der Waals surface area contributed by atoms with Crippen LogP contribution in [0.2, 0.25) is 0 Å². The lowest BCUT2D eigenvalue weighted by Crippen LogP contribution is -2.38. The molecule has 2 fully saturated rings. The lowest BCUT2D eigenvalue weighted by Gasteiger charge is -2.36. The van der Waals surface area contributed by atoms with Gasteiger partial charge in [-0.1, -0.05) is 12.8 Å². The van der Waals surface area contributed by atoms with Gasteiger partial charge in [-0.2, -0.15) is 0 Å². The third-order valence-corrected chi connectivity index (χ3v) is 3.77. The fourth-order valence-corrected chi connectivity index (χ4v) is 3.11. The van der Waals surface area contributed by atoms with E-state index in [-0.39, 0.29) is 5.44 Å². The molecule has 3 atom stereocenters. The molecule has 0 aromatic carbocycles. The fraction of sp³-hybridized carbons (Fsp3) is 1.00. The lowest BCUT2D eigenvalue weighted by atomic mass is 9.97. The average Bonchev–Trinajstić information content (AvgIpc) is 2.04. The summed E-state index contributed by atoms with van der Waals surface area (Å²) in [6.07, 6.45) is 5.48. The van der Waals surface area contributed by atoms with Crippen LogP contribution in [0.15, 0.2) is 0 Å². The van der Waals surface area contributed by atoms with Crippen LogP contribution in [0, 0.1) is 0 Å². The van der Waals surface area contributed by atoms with E-state index in [1.165, 1.54) is 25.7 Å². The van der Waals surface area contributed by atoms with E-state index in [0.29, 0.717) is 18.0 Å². The second-order valence-electron chi connectivity index (χ2n) is 3.29. The van der Waals surface area contributed by atoms with E-state index in [2.05, 4.69) is 0 Å². The van der Waals surface area contributed by atoms with E-state index < -0.39 is 0 Å². The molecule has 0 amide bonds. The summed E-state index contributed by atoms with van der Waals surface area (Å²) in [5, 5.41) is 9.86.